The van der Waals surface area contributed by atoms with Crippen LogP contribution in [0.5, 0.6) is 0 Å². The summed E-state index contributed by atoms with van der Waals surface area (Å²) in [5.74, 6) is 0. The van der Waals surface area contributed by atoms with Gasteiger partial charge >= 0.3 is 0 Å². The van der Waals surface area contributed by atoms with Crippen LogP contribution in [0.3, 0.4) is 0 Å². The molecule has 1 saturated heterocycles. The average Bonchev–Trinajstić information content (AvgIpc) is 2.68. The predicted octanol–water partition coefficient (Wildman–Crippen LogP) is 1.40. The highest BCUT2D eigenvalue weighted by atomic mass is 32.1. The van der Waals surface area contributed by atoms with E-state index in [-0.39, 0.29) is 0 Å². The number of hydrogen-bond donors (Lipinski definition) is 0. The van der Waals surface area contributed by atoms with Crippen LogP contribution in [0, 0.1) is 6.57 Å². The second-order valence-corrected chi connectivity index (χ2v) is 4.12. The number of morpholine rings is 1. The molecule has 1 fully saturated rings. The van der Waals surface area contributed by atoms with Gasteiger partial charge in [-0.25, -0.2) is 11.6 Å². The Balaban J connectivity index is 2.04. The van der Waals surface area contributed by atoms with Gasteiger partial charge in [0.1, 0.15) is 4.88 Å². The minimum absolute atomic E-state index is 0.446. The first-order valence-electron chi connectivity index (χ1n) is 4.51. The van der Waals surface area contributed by atoms with Gasteiger partial charge < -0.3 is 14.5 Å². The lowest BCUT2D eigenvalue weighted by Gasteiger charge is -2.25. The van der Waals surface area contributed by atoms with Crippen LogP contribution in [0.15, 0.2) is 6.20 Å². The summed E-state index contributed by atoms with van der Waals surface area (Å²) in [5, 5.41) is 1.02. The molecule has 1 aromatic rings. The number of hydrogen-bond acceptors (Lipinski definition) is 4. The third kappa shape index (κ3) is 2.03. The van der Waals surface area contributed by atoms with Crippen molar-refractivity contribution in [1.29, 1.82) is 0 Å². The normalized spacial score (nSPS) is 16.6. The maximum Gasteiger partial charge on any atom is 0.250 e. The third-order valence-corrected chi connectivity index (χ3v) is 3.10. The highest BCUT2D eigenvalue weighted by Gasteiger charge is 2.14. The topological polar surface area (TPSA) is 29.7 Å². The van der Waals surface area contributed by atoms with Gasteiger partial charge in [0.05, 0.1) is 19.4 Å². The second kappa shape index (κ2) is 4.40. The molecule has 1 aromatic heterocycles. The van der Waals surface area contributed by atoms with Crippen molar-refractivity contribution in [2.45, 2.75) is 6.54 Å². The Hall–Kier alpha value is -1.12. The molecule has 2 heterocycles. The van der Waals surface area contributed by atoms with Crippen LogP contribution in [0.25, 0.3) is 4.85 Å². The molecule has 0 saturated carbocycles. The predicted molar refractivity (Wildman–Crippen MR) is 55.5 cm³/mol. The fraction of sp³-hybridized carbons (Fsp3) is 0.556. The van der Waals surface area contributed by atoms with E-state index in [0.29, 0.717) is 6.54 Å². The standard InChI is InChI=1S/C9H11N3OS/c1-10-6-8-7-11-9(14-8)12-2-4-13-5-3-12/h7H,2-6H2. The molecule has 0 bridgehead atoms. The van der Waals surface area contributed by atoms with Gasteiger partial charge in [0.2, 0.25) is 6.54 Å². The number of thiazole rings is 1. The maximum atomic E-state index is 6.76. The van der Waals surface area contributed by atoms with Crippen LogP contribution < -0.4 is 4.90 Å². The first kappa shape index (κ1) is 9.44. The molecule has 0 amide bonds. The maximum absolute atomic E-state index is 6.76. The monoisotopic (exact) mass is 209 g/mol. The molecule has 74 valence electrons. The van der Waals surface area contributed by atoms with Crippen molar-refractivity contribution in [3.63, 3.8) is 0 Å². The Labute approximate surface area is 87.0 Å². The van der Waals surface area contributed by atoms with E-state index in [1.807, 2.05) is 0 Å². The van der Waals surface area contributed by atoms with Crippen LogP contribution in [0.1, 0.15) is 4.88 Å². The molecule has 2 rings (SSSR count). The van der Waals surface area contributed by atoms with Crippen LogP contribution in [-0.4, -0.2) is 31.3 Å². The summed E-state index contributed by atoms with van der Waals surface area (Å²) in [6.07, 6.45) is 1.80. The van der Waals surface area contributed by atoms with E-state index < -0.39 is 0 Å². The summed E-state index contributed by atoms with van der Waals surface area (Å²) >= 11 is 1.61. The Morgan fingerprint density at radius 3 is 3.07 bits per heavy atom. The number of anilines is 1. The van der Waals surface area contributed by atoms with Crippen molar-refractivity contribution in [1.82, 2.24) is 4.98 Å². The highest BCUT2D eigenvalue weighted by Crippen LogP contribution is 2.23. The Kier molecular flexibility index (Phi) is 2.96. The summed E-state index contributed by atoms with van der Waals surface area (Å²) in [6, 6.07) is 0. The zero-order valence-corrected chi connectivity index (χ0v) is 8.59. The summed E-state index contributed by atoms with van der Waals surface area (Å²) in [5.41, 5.74) is 0. The Bertz CT molecular complexity index is 338. The van der Waals surface area contributed by atoms with Gasteiger partial charge in [-0.05, 0) is 0 Å². The van der Waals surface area contributed by atoms with Crippen LogP contribution in [0.4, 0.5) is 5.13 Å². The molecular formula is C9H11N3OS. The smallest absolute Gasteiger partial charge is 0.250 e. The molecule has 0 aromatic carbocycles. The molecule has 1 aliphatic rings. The fourth-order valence-electron chi connectivity index (χ4n) is 1.35. The van der Waals surface area contributed by atoms with Crippen molar-refractivity contribution in [3.05, 3.63) is 22.5 Å². The highest BCUT2D eigenvalue weighted by molar-refractivity contribution is 7.15. The van der Waals surface area contributed by atoms with E-state index in [1.54, 1.807) is 17.5 Å². The summed E-state index contributed by atoms with van der Waals surface area (Å²) in [4.78, 5) is 10.9. The largest absolute Gasteiger partial charge is 0.378 e. The molecule has 0 aliphatic carbocycles. The quantitative estimate of drug-likeness (QED) is 0.690. The van der Waals surface area contributed by atoms with Crippen LogP contribution in [0.2, 0.25) is 0 Å². The molecule has 0 spiro atoms. The summed E-state index contributed by atoms with van der Waals surface area (Å²) in [7, 11) is 0. The van der Waals surface area contributed by atoms with E-state index in [1.165, 1.54) is 0 Å². The van der Waals surface area contributed by atoms with Crippen molar-refractivity contribution in [2.24, 2.45) is 0 Å². The van der Waals surface area contributed by atoms with Crippen molar-refractivity contribution < 1.29 is 4.74 Å². The average molecular weight is 209 g/mol. The second-order valence-electron chi connectivity index (χ2n) is 3.02. The molecule has 0 atom stereocenters. The summed E-state index contributed by atoms with van der Waals surface area (Å²) < 4.78 is 5.26. The minimum atomic E-state index is 0.446. The molecule has 0 radical (unpaired) electrons. The molecule has 4 nitrogen and oxygen atoms in total. The van der Waals surface area contributed by atoms with E-state index in [4.69, 9.17) is 11.3 Å². The number of rotatable bonds is 2. The van der Waals surface area contributed by atoms with Gasteiger partial charge in [0, 0.05) is 13.1 Å². The minimum Gasteiger partial charge on any atom is -0.378 e. The number of ether oxygens (including phenoxy) is 1. The molecule has 0 N–H and O–H groups in total. The van der Waals surface area contributed by atoms with E-state index in [2.05, 4.69) is 14.7 Å². The fourth-order valence-corrected chi connectivity index (χ4v) is 2.24. The first-order chi connectivity index (χ1) is 6.90. The van der Waals surface area contributed by atoms with Crippen LogP contribution >= 0.6 is 11.3 Å². The van der Waals surface area contributed by atoms with Crippen molar-refractivity contribution >= 4 is 16.5 Å². The zero-order valence-electron chi connectivity index (χ0n) is 7.77. The van der Waals surface area contributed by atoms with E-state index in [9.17, 15) is 0 Å². The first-order valence-corrected chi connectivity index (χ1v) is 5.32. The van der Waals surface area contributed by atoms with Crippen LogP contribution in [-0.2, 0) is 11.3 Å². The number of aromatic nitrogens is 1. The molecular weight excluding hydrogens is 198 g/mol. The van der Waals surface area contributed by atoms with Gasteiger partial charge in [0.15, 0.2) is 5.13 Å². The third-order valence-electron chi connectivity index (χ3n) is 2.06. The summed E-state index contributed by atoms with van der Waals surface area (Å²) in [6.45, 7) is 10.6. The van der Waals surface area contributed by atoms with Gasteiger partial charge in [-0.1, -0.05) is 11.3 Å². The van der Waals surface area contributed by atoms with E-state index in [0.717, 1.165) is 36.3 Å². The van der Waals surface area contributed by atoms with Gasteiger partial charge in [-0.15, -0.1) is 0 Å². The van der Waals surface area contributed by atoms with Gasteiger partial charge in [-0.3, -0.25) is 0 Å². The molecule has 0 unspecified atom stereocenters. The van der Waals surface area contributed by atoms with Crippen molar-refractivity contribution in [3.8, 4) is 0 Å². The lowest BCUT2D eigenvalue weighted by molar-refractivity contribution is 0.122. The Morgan fingerprint density at radius 1 is 1.57 bits per heavy atom. The van der Waals surface area contributed by atoms with Crippen molar-refractivity contribution in [2.75, 3.05) is 31.2 Å². The lowest BCUT2D eigenvalue weighted by atomic mass is 10.5. The Morgan fingerprint density at radius 2 is 2.36 bits per heavy atom. The molecule has 14 heavy (non-hydrogen) atoms. The van der Waals surface area contributed by atoms with Gasteiger partial charge in [0.25, 0.3) is 0 Å². The van der Waals surface area contributed by atoms with E-state index >= 15 is 0 Å². The van der Waals surface area contributed by atoms with Gasteiger partial charge in [-0.2, -0.15) is 0 Å². The molecule has 1 aliphatic heterocycles. The molecule has 5 heteroatoms. The number of nitrogens with zero attached hydrogens (tertiary/aromatic N) is 3. The SMILES string of the molecule is [C-]#[N+]Cc1cnc(N2CCOCC2)s1. The zero-order chi connectivity index (χ0) is 9.80. The lowest BCUT2D eigenvalue weighted by Crippen LogP contribution is -2.36.